The summed E-state index contributed by atoms with van der Waals surface area (Å²) >= 11 is 0. The third kappa shape index (κ3) is 5.35. The standard InChI is InChI=1S/C27H32N6O3/c1-32-16-21(15-30-32)20-13-24(25(28)29-14-20)26(34)31-22-11-12-33(17-22)27(35)36-23-9-7-19(8-10-23)18-5-3-2-4-6-18/h2-6,13-16,19,22-23H,7-12,17H2,1H3,(H2,28,29)(H,31,34)/t19?,22-,23?/m1/s1. The maximum absolute atomic E-state index is 13.0. The smallest absolute Gasteiger partial charge is 0.410 e. The summed E-state index contributed by atoms with van der Waals surface area (Å²) in [6.07, 6.45) is 9.30. The Morgan fingerprint density at radius 1 is 1.06 bits per heavy atom. The van der Waals surface area contributed by atoms with Gasteiger partial charge in [0.15, 0.2) is 0 Å². The third-order valence-corrected chi connectivity index (χ3v) is 7.20. The maximum Gasteiger partial charge on any atom is 0.410 e. The highest BCUT2D eigenvalue weighted by Gasteiger charge is 2.32. The number of anilines is 1. The van der Waals surface area contributed by atoms with E-state index in [9.17, 15) is 9.59 Å². The summed E-state index contributed by atoms with van der Waals surface area (Å²) in [7, 11) is 1.83. The minimum Gasteiger partial charge on any atom is -0.446 e. The molecule has 36 heavy (non-hydrogen) atoms. The van der Waals surface area contributed by atoms with E-state index in [-0.39, 0.29) is 30.0 Å². The minimum absolute atomic E-state index is 0.0489. The number of aryl methyl sites for hydroxylation is 1. The highest BCUT2D eigenvalue weighted by atomic mass is 16.6. The fourth-order valence-corrected chi connectivity index (χ4v) is 5.15. The molecule has 9 nitrogen and oxygen atoms in total. The SMILES string of the molecule is Cn1cc(-c2cnc(N)c(C(=O)N[C@@H]3CCN(C(=O)OC4CCC(c5ccccc5)CC4)C3)c2)cn1. The summed E-state index contributed by atoms with van der Waals surface area (Å²) in [6, 6.07) is 12.1. The van der Waals surface area contributed by atoms with Crippen molar-refractivity contribution in [1.82, 2.24) is 25.0 Å². The van der Waals surface area contributed by atoms with Gasteiger partial charge in [-0.15, -0.1) is 0 Å². The Balaban J connectivity index is 1.12. The predicted octanol–water partition coefficient (Wildman–Crippen LogP) is 3.73. The molecule has 3 aromatic rings. The van der Waals surface area contributed by atoms with Crippen LogP contribution in [0.1, 0.15) is 53.9 Å². The number of nitrogen functional groups attached to an aromatic ring is 1. The number of carbonyl (C=O) groups excluding carboxylic acids is 2. The Morgan fingerprint density at radius 2 is 1.83 bits per heavy atom. The van der Waals surface area contributed by atoms with E-state index in [0.29, 0.717) is 31.0 Å². The van der Waals surface area contributed by atoms with E-state index >= 15 is 0 Å². The third-order valence-electron chi connectivity index (χ3n) is 7.20. The lowest BCUT2D eigenvalue weighted by molar-refractivity contribution is 0.0472. The lowest BCUT2D eigenvalue weighted by Crippen LogP contribution is -2.39. The van der Waals surface area contributed by atoms with E-state index in [2.05, 4.69) is 39.7 Å². The van der Waals surface area contributed by atoms with Crippen LogP contribution in [0.25, 0.3) is 11.1 Å². The topological polar surface area (TPSA) is 115 Å². The van der Waals surface area contributed by atoms with E-state index in [0.717, 1.165) is 36.8 Å². The van der Waals surface area contributed by atoms with Crippen molar-refractivity contribution in [3.05, 3.63) is 66.1 Å². The van der Waals surface area contributed by atoms with Gasteiger partial charge in [-0.1, -0.05) is 30.3 Å². The number of rotatable bonds is 5. The van der Waals surface area contributed by atoms with E-state index in [4.69, 9.17) is 10.5 Å². The molecule has 0 unspecified atom stereocenters. The summed E-state index contributed by atoms with van der Waals surface area (Å²) in [6.45, 7) is 0.964. The second-order valence-corrected chi connectivity index (χ2v) is 9.73. The Kier molecular flexibility index (Phi) is 6.88. The molecule has 1 aromatic carbocycles. The number of nitrogens with one attached hydrogen (secondary N) is 1. The summed E-state index contributed by atoms with van der Waals surface area (Å²) in [5, 5.41) is 7.17. The second-order valence-electron chi connectivity index (χ2n) is 9.73. The number of nitrogens with two attached hydrogens (primary N) is 1. The fraction of sp³-hybridized carbons (Fsp3) is 0.407. The molecule has 9 heteroatoms. The van der Waals surface area contributed by atoms with Crippen LogP contribution in [0.3, 0.4) is 0 Å². The summed E-state index contributed by atoms with van der Waals surface area (Å²) < 4.78 is 7.51. The average Bonchev–Trinajstić information content (AvgIpc) is 3.54. The second kappa shape index (κ2) is 10.4. The number of hydrogen-bond donors (Lipinski definition) is 2. The zero-order valence-corrected chi connectivity index (χ0v) is 20.5. The van der Waals surface area contributed by atoms with Crippen molar-refractivity contribution in [2.24, 2.45) is 7.05 Å². The van der Waals surface area contributed by atoms with Crippen molar-refractivity contribution >= 4 is 17.8 Å². The summed E-state index contributed by atoms with van der Waals surface area (Å²) in [5.74, 6) is 0.400. The van der Waals surface area contributed by atoms with Crippen LogP contribution in [-0.4, -0.2) is 56.9 Å². The van der Waals surface area contributed by atoms with Crippen LogP contribution in [0.15, 0.2) is 55.0 Å². The highest BCUT2D eigenvalue weighted by molar-refractivity contribution is 5.99. The molecule has 2 fully saturated rings. The first-order valence-corrected chi connectivity index (χ1v) is 12.5. The summed E-state index contributed by atoms with van der Waals surface area (Å²) in [5.41, 5.74) is 9.29. The van der Waals surface area contributed by atoms with Crippen LogP contribution in [0, 0.1) is 0 Å². The van der Waals surface area contributed by atoms with Crippen LogP contribution in [0.5, 0.6) is 0 Å². The van der Waals surface area contributed by atoms with Crippen molar-refractivity contribution in [3.8, 4) is 11.1 Å². The normalized spacial score (nSPS) is 21.8. The Labute approximate surface area is 210 Å². The molecule has 2 aliphatic rings. The number of pyridine rings is 1. The zero-order chi connectivity index (χ0) is 25.1. The number of nitrogens with zero attached hydrogens (tertiary/aromatic N) is 4. The minimum atomic E-state index is -0.301. The zero-order valence-electron chi connectivity index (χ0n) is 20.5. The van der Waals surface area contributed by atoms with Gasteiger partial charge in [0, 0.05) is 49.7 Å². The molecule has 0 spiro atoms. The molecule has 3 N–H and O–H groups in total. The van der Waals surface area contributed by atoms with Crippen LogP contribution in [0.2, 0.25) is 0 Å². The molecule has 1 atom stereocenters. The van der Waals surface area contributed by atoms with Crippen LogP contribution in [-0.2, 0) is 11.8 Å². The van der Waals surface area contributed by atoms with Crippen molar-refractivity contribution in [2.75, 3.05) is 18.8 Å². The van der Waals surface area contributed by atoms with Gasteiger partial charge >= 0.3 is 6.09 Å². The fourth-order valence-electron chi connectivity index (χ4n) is 5.15. The number of hydrogen-bond acceptors (Lipinski definition) is 6. The molecule has 188 valence electrons. The van der Waals surface area contributed by atoms with Gasteiger partial charge in [-0.25, -0.2) is 9.78 Å². The van der Waals surface area contributed by atoms with Crippen molar-refractivity contribution in [2.45, 2.75) is 50.2 Å². The maximum atomic E-state index is 13.0. The molecule has 0 bridgehead atoms. The molecule has 2 amide bonds. The molecule has 3 heterocycles. The van der Waals surface area contributed by atoms with E-state index in [1.54, 1.807) is 28.0 Å². The average molecular weight is 489 g/mol. The first-order valence-electron chi connectivity index (χ1n) is 12.5. The van der Waals surface area contributed by atoms with Gasteiger partial charge in [0.05, 0.1) is 11.8 Å². The number of carbonyl (C=O) groups is 2. The van der Waals surface area contributed by atoms with Crippen LogP contribution < -0.4 is 11.1 Å². The van der Waals surface area contributed by atoms with Gasteiger partial charge in [-0.2, -0.15) is 5.10 Å². The van der Waals surface area contributed by atoms with Crippen LogP contribution in [0.4, 0.5) is 10.6 Å². The van der Waals surface area contributed by atoms with E-state index in [1.807, 2.05) is 19.3 Å². The predicted molar refractivity (Wildman–Crippen MR) is 136 cm³/mol. The molecule has 0 radical (unpaired) electrons. The highest BCUT2D eigenvalue weighted by Crippen LogP contribution is 2.34. The number of likely N-dealkylation sites (tertiary alicyclic amines) is 1. The number of benzene rings is 1. The first kappa shape index (κ1) is 23.8. The Bertz CT molecular complexity index is 1220. The van der Waals surface area contributed by atoms with Crippen LogP contribution >= 0.6 is 0 Å². The lowest BCUT2D eigenvalue weighted by Gasteiger charge is -2.30. The largest absolute Gasteiger partial charge is 0.446 e. The quantitative estimate of drug-likeness (QED) is 0.565. The summed E-state index contributed by atoms with van der Waals surface area (Å²) in [4.78, 5) is 31.6. The molecule has 1 saturated carbocycles. The molecule has 5 rings (SSSR count). The van der Waals surface area contributed by atoms with Crippen molar-refractivity contribution in [3.63, 3.8) is 0 Å². The monoisotopic (exact) mass is 488 g/mol. The molecular weight excluding hydrogens is 456 g/mol. The lowest BCUT2D eigenvalue weighted by atomic mass is 9.83. The van der Waals surface area contributed by atoms with Crippen molar-refractivity contribution in [1.29, 1.82) is 0 Å². The molecule has 2 aromatic heterocycles. The Hall–Kier alpha value is -3.88. The van der Waals surface area contributed by atoms with Gasteiger partial charge < -0.3 is 20.7 Å². The van der Waals surface area contributed by atoms with Crippen molar-refractivity contribution < 1.29 is 14.3 Å². The van der Waals surface area contributed by atoms with Gasteiger partial charge in [0.1, 0.15) is 11.9 Å². The first-order chi connectivity index (χ1) is 17.5. The Morgan fingerprint density at radius 3 is 2.56 bits per heavy atom. The number of aromatic nitrogens is 3. The van der Waals surface area contributed by atoms with Gasteiger partial charge in [-0.05, 0) is 49.7 Å². The molecule has 1 aliphatic heterocycles. The number of ether oxygens (including phenoxy) is 1. The van der Waals surface area contributed by atoms with E-state index < -0.39 is 0 Å². The molecule has 1 saturated heterocycles. The molecule has 1 aliphatic carbocycles. The van der Waals surface area contributed by atoms with Gasteiger partial charge in [0.25, 0.3) is 5.91 Å². The molecular formula is C27H32N6O3. The van der Waals surface area contributed by atoms with Gasteiger partial charge in [-0.3, -0.25) is 9.48 Å². The number of amides is 2. The van der Waals surface area contributed by atoms with Gasteiger partial charge in [0.2, 0.25) is 0 Å². The van der Waals surface area contributed by atoms with E-state index in [1.165, 1.54) is 5.56 Å².